The SMILES string of the molecule is CC(C)N1CC(C(=O)Nc2cccc(-c3csc(-c4ccncc4)n3)c2)CC1=O. The van der Waals surface area contributed by atoms with Gasteiger partial charge in [-0.25, -0.2) is 4.98 Å². The van der Waals surface area contributed by atoms with Gasteiger partial charge in [-0.1, -0.05) is 12.1 Å². The first-order valence-electron chi connectivity index (χ1n) is 9.58. The molecular formula is C22H22N4O2S. The number of hydrogen-bond donors (Lipinski definition) is 1. The zero-order valence-corrected chi connectivity index (χ0v) is 17.1. The lowest BCUT2D eigenvalue weighted by Crippen LogP contribution is -2.33. The summed E-state index contributed by atoms with van der Waals surface area (Å²) in [6, 6.07) is 11.6. The maximum absolute atomic E-state index is 12.7. The third-order valence-corrected chi connectivity index (χ3v) is 5.90. The third-order valence-electron chi connectivity index (χ3n) is 5.01. The molecule has 0 saturated carbocycles. The second-order valence-electron chi connectivity index (χ2n) is 7.38. The number of thiazole rings is 1. The fourth-order valence-electron chi connectivity index (χ4n) is 3.44. The van der Waals surface area contributed by atoms with Crippen molar-refractivity contribution in [1.82, 2.24) is 14.9 Å². The summed E-state index contributed by atoms with van der Waals surface area (Å²) in [4.78, 5) is 35.2. The van der Waals surface area contributed by atoms with Crippen LogP contribution in [0.3, 0.4) is 0 Å². The first kappa shape index (κ1) is 19.3. The quantitative estimate of drug-likeness (QED) is 0.693. The van der Waals surface area contributed by atoms with Gasteiger partial charge >= 0.3 is 0 Å². The molecule has 1 N–H and O–H groups in total. The topological polar surface area (TPSA) is 75.2 Å². The Labute approximate surface area is 173 Å². The minimum absolute atomic E-state index is 0.0417. The summed E-state index contributed by atoms with van der Waals surface area (Å²) in [7, 11) is 0. The molecule has 7 heteroatoms. The minimum Gasteiger partial charge on any atom is -0.339 e. The molecule has 148 valence electrons. The van der Waals surface area contributed by atoms with Gasteiger partial charge < -0.3 is 10.2 Å². The number of carbonyl (C=O) groups excluding carboxylic acids is 2. The predicted molar refractivity (Wildman–Crippen MR) is 114 cm³/mol. The number of amides is 2. The summed E-state index contributed by atoms with van der Waals surface area (Å²) in [5.74, 6) is -0.388. The number of likely N-dealkylation sites (tertiary alicyclic amines) is 1. The molecule has 2 amide bonds. The summed E-state index contributed by atoms with van der Waals surface area (Å²) >= 11 is 1.57. The third kappa shape index (κ3) is 4.19. The van der Waals surface area contributed by atoms with Crippen molar-refractivity contribution in [3.8, 4) is 21.8 Å². The van der Waals surface area contributed by atoms with Gasteiger partial charge in [0.05, 0.1) is 11.6 Å². The summed E-state index contributed by atoms with van der Waals surface area (Å²) in [6.45, 7) is 4.41. The Morgan fingerprint density at radius 2 is 2.00 bits per heavy atom. The Kier molecular flexibility index (Phi) is 5.40. The van der Waals surface area contributed by atoms with E-state index in [-0.39, 0.29) is 30.2 Å². The van der Waals surface area contributed by atoms with Gasteiger partial charge in [-0.3, -0.25) is 14.6 Å². The van der Waals surface area contributed by atoms with Crippen LogP contribution < -0.4 is 5.32 Å². The second kappa shape index (κ2) is 8.13. The molecule has 1 unspecified atom stereocenters. The molecule has 0 radical (unpaired) electrons. The van der Waals surface area contributed by atoms with E-state index in [2.05, 4.69) is 10.3 Å². The molecule has 1 aliphatic rings. The van der Waals surface area contributed by atoms with E-state index in [1.54, 1.807) is 28.6 Å². The summed E-state index contributed by atoms with van der Waals surface area (Å²) in [5.41, 5.74) is 3.54. The van der Waals surface area contributed by atoms with Crippen molar-refractivity contribution in [2.45, 2.75) is 26.3 Å². The van der Waals surface area contributed by atoms with Crippen molar-refractivity contribution >= 4 is 28.8 Å². The van der Waals surface area contributed by atoms with Crippen LogP contribution in [-0.2, 0) is 9.59 Å². The highest BCUT2D eigenvalue weighted by Gasteiger charge is 2.35. The van der Waals surface area contributed by atoms with E-state index < -0.39 is 0 Å². The highest BCUT2D eigenvalue weighted by Crippen LogP contribution is 2.30. The van der Waals surface area contributed by atoms with Crippen LogP contribution in [0.2, 0.25) is 0 Å². The number of hydrogen-bond acceptors (Lipinski definition) is 5. The van der Waals surface area contributed by atoms with E-state index >= 15 is 0 Å². The molecule has 3 heterocycles. The van der Waals surface area contributed by atoms with E-state index in [4.69, 9.17) is 4.98 Å². The normalized spacial score (nSPS) is 16.4. The number of aromatic nitrogens is 2. The van der Waals surface area contributed by atoms with Crippen molar-refractivity contribution in [2.75, 3.05) is 11.9 Å². The van der Waals surface area contributed by atoms with Gasteiger partial charge in [-0.15, -0.1) is 11.3 Å². The van der Waals surface area contributed by atoms with Gasteiger partial charge in [0.1, 0.15) is 5.01 Å². The Balaban J connectivity index is 1.48. The molecule has 4 rings (SSSR count). The number of nitrogens with zero attached hydrogens (tertiary/aromatic N) is 3. The molecule has 1 aliphatic heterocycles. The van der Waals surface area contributed by atoms with Crippen LogP contribution in [0.1, 0.15) is 20.3 Å². The van der Waals surface area contributed by atoms with Crippen LogP contribution in [0.4, 0.5) is 5.69 Å². The number of anilines is 1. The van der Waals surface area contributed by atoms with Crippen LogP contribution in [0.5, 0.6) is 0 Å². The number of pyridine rings is 1. The standard InChI is InChI=1S/C22H22N4O2S/c1-14(2)26-12-17(11-20(26)27)21(28)24-18-5-3-4-16(10-18)19-13-29-22(25-19)15-6-8-23-9-7-15/h3-10,13-14,17H,11-12H2,1-2H3,(H,24,28). The summed E-state index contributed by atoms with van der Waals surface area (Å²) in [5, 5.41) is 5.89. The van der Waals surface area contributed by atoms with E-state index in [0.717, 1.165) is 21.8 Å². The van der Waals surface area contributed by atoms with Crippen LogP contribution in [-0.4, -0.2) is 39.3 Å². The summed E-state index contributed by atoms with van der Waals surface area (Å²) < 4.78 is 0. The molecule has 0 spiro atoms. The molecule has 1 aromatic carbocycles. The fourth-order valence-corrected chi connectivity index (χ4v) is 4.28. The van der Waals surface area contributed by atoms with Gasteiger partial charge in [0.15, 0.2) is 0 Å². The Hall–Kier alpha value is -3.06. The molecule has 1 atom stereocenters. The van der Waals surface area contributed by atoms with Gasteiger partial charge in [-0.2, -0.15) is 0 Å². The Morgan fingerprint density at radius 3 is 2.72 bits per heavy atom. The number of rotatable bonds is 5. The van der Waals surface area contributed by atoms with E-state index in [0.29, 0.717) is 12.2 Å². The molecule has 0 bridgehead atoms. The van der Waals surface area contributed by atoms with Crippen LogP contribution in [0.15, 0.2) is 54.2 Å². The zero-order valence-electron chi connectivity index (χ0n) is 16.3. The maximum Gasteiger partial charge on any atom is 0.229 e. The highest BCUT2D eigenvalue weighted by molar-refractivity contribution is 7.13. The molecule has 1 saturated heterocycles. The number of carbonyl (C=O) groups is 2. The second-order valence-corrected chi connectivity index (χ2v) is 8.24. The molecule has 29 heavy (non-hydrogen) atoms. The molecule has 1 fully saturated rings. The largest absolute Gasteiger partial charge is 0.339 e. The molecule has 2 aromatic heterocycles. The molecule has 6 nitrogen and oxygen atoms in total. The molecule has 0 aliphatic carbocycles. The fraction of sp³-hybridized carbons (Fsp3) is 0.273. The van der Waals surface area contributed by atoms with Gasteiger partial charge in [0.25, 0.3) is 0 Å². The van der Waals surface area contributed by atoms with Gasteiger partial charge in [0, 0.05) is 53.6 Å². The smallest absolute Gasteiger partial charge is 0.229 e. The number of benzene rings is 1. The van der Waals surface area contributed by atoms with E-state index in [1.807, 2.05) is 55.6 Å². The monoisotopic (exact) mass is 406 g/mol. The first-order valence-corrected chi connectivity index (χ1v) is 10.5. The Morgan fingerprint density at radius 1 is 1.21 bits per heavy atom. The van der Waals surface area contributed by atoms with Crippen molar-refractivity contribution in [2.24, 2.45) is 5.92 Å². The van der Waals surface area contributed by atoms with E-state index in [1.165, 1.54) is 0 Å². The minimum atomic E-state index is -0.314. The van der Waals surface area contributed by atoms with Gasteiger partial charge in [0.2, 0.25) is 11.8 Å². The zero-order chi connectivity index (χ0) is 20.4. The number of nitrogens with one attached hydrogen (secondary N) is 1. The summed E-state index contributed by atoms with van der Waals surface area (Å²) in [6.07, 6.45) is 3.77. The van der Waals surface area contributed by atoms with Crippen LogP contribution in [0.25, 0.3) is 21.8 Å². The molecule has 3 aromatic rings. The average Bonchev–Trinajstić information content (AvgIpc) is 3.36. The van der Waals surface area contributed by atoms with Crippen molar-refractivity contribution in [3.05, 3.63) is 54.2 Å². The van der Waals surface area contributed by atoms with Crippen LogP contribution in [0, 0.1) is 5.92 Å². The van der Waals surface area contributed by atoms with E-state index in [9.17, 15) is 9.59 Å². The van der Waals surface area contributed by atoms with Crippen LogP contribution >= 0.6 is 11.3 Å². The van der Waals surface area contributed by atoms with Gasteiger partial charge in [-0.05, 0) is 38.1 Å². The predicted octanol–water partition coefficient (Wildman–Crippen LogP) is 4.07. The maximum atomic E-state index is 12.7. The average molecular weight is 407 g/mol. The molecular weight excluding hydrogens is 384 g/mol. The lowest BCUT2D eigenvalue weighted by Gasteiger charge is -2.20. The highest BCUT2D eigenvalue weighted by atomic mass is 32.1. The lowest BCUT2D eigenvalue weighted by atomic mass is 10.1. The van der Waals surface area contributed by atoms with Crippen molar-refractivity contribution in [1.29, 1.82) is 0 Å². The van der Waals surface area contributed by atoms with Crippen molar-refractivity contribution in [3.63, 3.8) is 0 Å². The first-order chi connectivity index (χ1) is 14.0. The van der Waals surface area contributed by atoms with Crippen molar-refractivity contribution < 1.29 is 9.59 Å². The lowest BCUT2D eigenvalue weighted by molar-refractivity contribution is -0.129. The Bertz CT molecular complexity index is 1030.